The van der Waals surface area contributed by atoms with Gasteiger partial charge in [0.15, 0.2) is 10.7 Å². The van der Waals surface area contributed by atoms with Crippen LogP contribution in [0.2, 0.25) is 0 Å². The van der Waals surface area contributed by atoms with E-state index in [0.29, 0.717) is 30.2 Å². The molecule has 0 atom stereocenters. The third-order valence-corrected chi connectivity index (χ3v) is 6.24. The number of carbonyl (C=O) groups is 1. The molecule has 0 unspecified atom stereocenters. The van der Waals surface area contributed by atoms with Crippen molar-refractivity contribution >= 4 is 34.4 Å². The van der Waals surface area contributed by atoms with Crippen LogP contribution in [0, 0.1) is 0 Å². The van der Waals surface area contributed by atoms with E-state index in [1.165, 1.54) is 22.8 Å². The van der Waals surface area contributed by atoms with Crippen molar-refractivity contribution in [2.24, 2.45) is 0 Å². The maximum absolute atomic E-state index is 13.2. The molecule has 0 radical (unpaired) electrons. The summed E-state index contributed by atoms with van der Waals surface area (Å²) in [7, 11) is 0. The fourth-order valence-corrected chi connectivity index (χ4v) is 4.36. The van der Waals surface area contributed by atoms with Gasteiger partial charge in [0.05, 0.1) is 23.2 Å². The molecule has 0 aliphatic carbocycles. The fourth-order valence-electron chi connectivity index (χ4n) is 3.53. The van der Waals surface area contributed by atoms with Gasteiger partial charge < -0.3 is 5.32 Å². The number of alkyl halides is 3. The lowest BCUT2D eigenvalue weighted by Crippen LogP contribution is -2.25. The van der Waals surface area contributed by atoms with Crippen LogP contribution in [0.3, 0.4) is 0 Å². The predicted octanol–water partition coefficient (Wildman–Crippen LogP) is 4.61. The minimum Gasteiger partial charge on any atom is -0.325 e. The van der Waals surface area contributed by atoms with Crippen LogP contribution in [-0.2, 0) is 30.5 Å². The van der Waals surface area contributed by atoms with E-state index in [1.54, 1.807) is 10.9 Å². The number of rotatable bonds is 8. The number of halogens is 3. The van der Waals surface area contributed by atoms with Gasteiger partial charge in [-0.2, -0.15) is 18.3 Å². The van der Waals surface area contributed by atoms with Gasteiger partial charge in [0, 0.05) is 13.1 Å². The number of fused-ring (bicyclic) bond motifs is 1. The summed E-state index contributed by atoms with van der Waals surface area (Å²) in [6, 6.07) is 14.4. The summed E-state index contributed by atoms with van der Waals surface area (Å²) in [6.07, 6.45) is -2.38. The van der Waals surface area contributed by atoms with E-state index in [-0.39, 0.29) is 22.5 Å². The number of anilines is 1. The van der Waals surface area contributed by atoms with E-state index in [9.17, 15) is 22.8 Å². The van der Waals surface area contributed by atoms with Gasteiger partial charge in [0.1, 0.15) is 5.52 Å². The molecule has 0 aliphatic heterocycles. The Labute approximate surface area is 203 Å². The summed E-state index contributed by atoms with van der Waals surface area (Å²) >= 11 is 0.990. The van der Waals surface area contributed by atoms with Crippen molar-refractivity contribution in [2.75, 3.05) is 11.1 Å². The number of aryl methyl sites for hydroxylation is 2. The molecule has 2 heterocycles. The summed E-state index contributed by atoms with van der Waals surface area (Å²) in [6.45, 7) is 2.76. The van der Waals surface area contributed by atoms with Crippen molar-refractivity contribution in [1.29, 1.82) is 0 Å². The number of nitrogens with zero attached hydrogens (tertiary/aromatic N) is 4. The van der Waals surface area contributed by atoms with E-state index in [2.05, 4.69) is 15.4 Å². The van der Waals surface area contributed by atoms with Crippen molar-refractivity contribution in [3.05, 3.63) is 82.3 Å². The normalized spacial score (nSPS) is 11.7. The average molecular weight is 502 g/mol. The number of aromatic nitrogens is 4. The first kappa shape index (κ1) is 24.5. The first-order chi connectivity index (χ1) is 16.8. The Morgan fingerprint density at radius 1 is 1.09 bits per heavy atom. The van der Waals surface area contributed by atoms with Crippen LogP contribution < -0.4 is 10.9 Å². The fraction of sp³-hybridized carbons (Fsp3) is 0.250. The summed E-state index contributed by atoms with van der Waals surface area (Å²) in [4.78, 5) is 30.3. The molecule has 0 fully saturated rings. The molecular formula is C24H22F3N5O2S. The largest absolute Gasteiger partial charge is 0.418 e. The molecule has 11 heteroatoms. The van der Waals surface area contributed by atoms with Crippen LogP contribution in [0.15, 0.2) is 70.7 Å². The zero-order chi connectivity index (χ0) is 25.0. The van der Waals surface area contributed by atoms with Crippen LogP contribution in [0.5, 0.6) is 0 Å². The maximum atomic E-state index is 13.2. The number of amides is 1. The molecular weight excluding hydrogens is 479 g/mol. The smallest absolute Gasteiger partial charge is 0.325 e. The van der Waals surface area contributed by atoms with E-state index < -0.39 is 17.6 Å². The highest BCUT2D eigenvalue weighted by Crippen LogP contribution is 2.34. The number of benzene rings is 2. The van der Waals surface area contributed by atoms with Gasteiger partial charge in [-0.1, -0.05) is 54.2 Å². The molecule has 0 aliphatic rings. The highest BCUT2D eigenvalue weighted by molar-refractivity contribution is 7.99. The Balaban J connectivity index is 1.58. The summed E-state index contributed by atoms with van der Waals surface area (Å²) in [5, 5.41) is 6.91. The second kappa shape index (κ2) is 10.3. The van der Waals surface area contributed by atoms with Gasteiger partial charge in [-0.25, -0.2) is 4.98 Å². The van der Waals surface area contributed by atoms with Gasteiger partial charge in [0.25, 0.3) is 5.56 Å². The van der Waals surface area contributed by atoms with Gasteiger partial charge in [0.2, 0.25) is 5.91 Å². The minimum atomic E-state index is -4.60. The number of hydrogen-bond acceptors (Lipinski definition) is 5. The van der Waals surface area contributed by atoms with Gasteiger partial charge in [-0.05, 0) is 31.0 Å². The van der Waals surface area contributed by atoms with Crippen LogP contribution in [-0.4, -0.2) is 31.0 Å². The highest BCUT2D eigenvalue weighted by Gasteiger charge is 2.33. The number of hydrogen-bond donors (Lipinski definition) is 1. The highest BCUT2D eigenvalue weighted by atomic mass is 32.2. The van der Waals surface area contributed by atoms with E-state index in [1.807, 2.05) is 37.3 Å². The molecule has 0 spiro atoms. The van der Waals surface area contributed by atoms with E-state index >= 15 is 0 Å². The minimum absolute atomic E-state index is 0.225. The molecule has 7 nitrogen and oxygen atoms in total. The average Bonchev–Trinajstić information content (AvgIpc) is 3.26. The Morgan fingerprint density at radius 3 is 2.51 bits per heavy atom. The number of para-hydroxylation sites is 1. The number of carbonyl (C=O) groups excluding carboxylic acids is 1. The number of thioether (sulfide) groups is 1. The molecule has 4 rings (SSSR count). The first-order valence-corrected chi connectivity index (χ1v) is 11.9. The van der Waals surface area contributed by atoms with Crippen LogP contribution in [0.25, 0.3) is 11.0 Å². The molecule has 0 saturated carbocycles. The van der Waals surface area contributed by atoms with Crippen molar-refractivity contribution in [2.45, 2.75) is 37.8 Å². The van der Waals surface area contributed by atoms with E-state index in [0.717, 1.165) is 23.4 Å². The molecule has 182 valence electrons. The summed E-state index contributed by atoms with van der Waals surface area (Å²) in [5.74, 6) is -0.864. The first-order valence-electron chi connectivity index (χ1n) is 10.9. The second-order valence-corrected chi connectivity index (χ2v) is 8.63. The quantitative estimate of drug-likeness (QED) is 0.282. The topological polar surface area (TPSA) is 81.8 Å². The molecule has 1 N–H and O–H groups in total. The van der Waals surface area contributed by atoms with Crippen LogP contribution in [0.1, 0.15) is 18.1 Å². The molecule has 35 heavy (non-hydrogen) atoms. The molecule has 1 amide bonds. The Morgan fingerprint density at radius 2 is 1.80 bits per heavy atom. The second-order valence-electron chi connectivity index (χ2n) is 7.69. The SMILES string of the molecule is CCn1cc2nc(SCC(=O)Nc3ccccc3C(F)(F)F)n(CCc3ccccc3)c(=O)c2n1. The Bertz CT molecular complexity index is 1400. The zero-order valence-electron chi connectivity index (χ0n) is 18.7. The predicted molar refractivity (Wildman–Crippen MR) is 128 cm³/mol. The molecule has 2 aromatic heterocycles. The lowest BCUT2D eigenvalue weighted by molar-refractivity contribution is -0.137. The van der Waals surface area contributed by atoms with Crippen molar-refractivity contribution in [1.82, 2.24) is 19.3 Å². The van der Waals surface area contributed by atoms with Crippen molar-refractivity contribution in [3.63, 3.8) is 0 Å². The molecule has 0 saturated heterocycles. The van der Waals surface area contributed by atoms with Crippen molar-refractivity contribution < 1.29 is 18.0 Å². The van der Waals surface area contributed by atoms with Crippen LogP contribution >= 0.6 is 11.8 Å². The maximum Gasteiger partial charge on any atom is 0.418 e. The lowest BCUT2D eigenvalue weighted by atomic mass is 10.1. The standard InChI is InChI=1S/C24H22F3N5O2S/c1-2-31-14-19-21(30-31)22(34)32(13-12-16-8-4-3-5-9-16)23(29-19)35-15-20(33)28-18-11-7-6-10-17(18)24(25,26)27/h3-11,14H,2,12-13,15H2,1H3,(H,28,33). The third-order valence-electron chi connectivity index (χ3n) is 5.27. The molecule has 2 aromatic carbocycles. The van der Waals surface area contributed by atoms with Gasteiger partial charge in [-0.3, -0.25) is 18.8 Å². The third kappa shape index (κ3) is 5.73. The Kier molecular flexibility index (Phi) is 7.25. The number of nitrogens with one attached hydrogen (secondary N) is 1. The molecule has 0 bridgehead atoms. The summed E-state index contributed by atoms with van der Waals surface area (Å²) < 4.78 is 42.8. The van der Waals surface area contributed by atoms with Gasteiger partial charge >= 0.3 is 6.18 Å². The van der Waals surface area contributed by atoms with Crippen LogP contribution in [0.4, 0.5) is 18.9 Å². The van der Waals surface area contributed by atoms with E-state index in [4.69, 9.17) is 0 Å². The van der Waals surface area contributed by atoms with Crippen molar-refractivity contribution in [3.8, 4) is 0 Å². The summed E-state index contributed by atoms with van der Waals surface area (Å²) in [5.41, 5.74) is 0.0785. The monoisotopic (exact) mass is 501 g/mol. The lowest BCUT2D eigenvalue weighted by Gasteiger charge is -2.14. The Hall–Kier alpha value is -3.60. The van der Waals surface area contributed by atoms with Gasteiger partial charge in [-0.15, -0.1) is 0 Å². The zero-order valence-corrected chi connectivity index (χ0v) is 19.6. The molecule has 4 aromatic rings.